The van der Waals surface area contributed by atoms with Crippen molar-refractivity contribution in [3.63, 3.8) is 0 Å². The van der Waals surface area contributed by atoms with E-state index in [0.29, 0.717) is 51.0 Å². The van der Waals surface area contributed by atoms with E-state index in [1.54, 1.807) is 44.3 Å². The quantitative estimate of drug-likeness (QED) is 0.119. The molecular weight excluding hydrogens is 594 g/mol. The number of methoxy groups -OCH3 is 1. The Morgan fingerprint density at radius 3 is 2.44 bits per heavy atom. The number of anilines is 2. The van der Waals surface area contributed by atoms with E-state index < -0.39 is 36.5 Å². The van der Waals surface area contributed by atoms with E-state index in [1.807, 2.05) is 9.88 Å². The highest BCUT2D eigenvalue weighted by atomic mass is 19.4. The topological polar surface area (TPSA) is 132 Å². The molecule has 0 saturated carbocycles. The number of hydrogen-bond donors (Lipinski definition) is 4. The second kappa shape index (κ2) is 13.1. The lowest BCUT2D eigenvalue weighted by atomic mass is 9.96. The molecule has 234 valence electrons. The summed E-state index contributed by atoms with van der Waals surface area (Å²) in [6.07, 6.45) is -3.58. The van der Waals surface area contributed by atoms with Gasteiger partial charge in [-0.15, -0.1) is 0 Å². The van der Waals surface area contributed by atoms with Gasteiger partial charge in [0.05, 0.1) is 34.8 Å². The zero-order valence-corrected chi connectivity index (χ0v) is 24.5. The number of ether oxygens (including phenoxy) is 1. The van der Waals surface area contributed by atoms with Crippen LogP contribution in [0, 0.1) is 11.8 Å². The molecule has 13 heteroatoms. The number of nitrogens with one attached hydrogen (secondary N) is 2. The molecule has 2 aromatic carbocycles. The minimum absolute atomic E-state index is 0.00758. The van der Waals surface area contributed by atoms with Crippen molar-refractivity contribution in [1.82, 2.24) is 14.9 Å². The fourth-order valence-electron chi connectivity index (χ4n) is 4.70. The van der Waals surface area contributed by atoms with Crippen molar-refractivity contribution in [3.05, 3.63) is 72.2 Å². The number of aliphatic hydroxyl groups is 1. The number of nitrogens with zero attached hydrogens (tertiary/aromatic N) is 2. The molecule has 0 aliphatic carbocycles. The minimum Gasteiger partial charge on any atom is -0.496 e. The molecule has 5 N–H and O–H groups in total. The van der Waals surface area contributed by atoms with E-state index in [0.717, 1.165) is 0 Å². The Morgan fingerprint density at radius 2 is 1.84 bits per heavy atom. The average molecular weight is 624 g/mol. The van der Waals surface area contributed by atoms with Crippen LogP contribution in [0.5, 0.6) is 5.75 Å². The molecule has 1 unspecified atom stereocenters. The number of carbonyl (C=O) groups is 2. The molecule has 0 bridgehead atoms. The van der Waals surface area contributed by atoms with Gasteiger partial charge in [0.1, 0.15) is 24.2 Å². The number of halogens is 4. The van der Waals surface area contributed by atoms with Gasteiger partial charge < -0.3 is 30.8 Å². The molecule has 4 rings (SSSR count). The van der Waals surface area contributed by atoms with E-state index in [4.69, 9.17) is 10.5 Å². The number of hydrogen-bond acceptors (Lipinski definition) is 6. The molecule has 0 radical (unpaired) electrons. The van der Waals surface area contributed by atoms with Gasteiger partial charge in [-0.2, -0.15) is 13.2 Å². The summed E-state index contributed by atoms with van der Waals surface area (Å²) >= 11 is 0. The smallest absolute Gasteiger partial charge is 0.405 e. The molecular formula is C32H29F4N5O4. The minimum atomic E-state index is -4.60. The van der Waals surface area contributed by atoms with Crippen LogP contribution in [0.1, 0.15) is 29.3 Å². The van der Waals surface area contributed by atoms with E-state index in [2.05, 4.69) is 28.7 Å². The summed E-state index contributed by atoms with van der Waals surface area (Å²) in [4.78, 5) is 28.7. The fraction of sp³-hybridized carbons (Fsp3) is 0.219. The molecule has 0 fully saturated rings. The summed E-state index contributed by atoms with van der Waals surface area (Å²) in [5, 5.41) is 14.8. The summed E-state index contributed by atoms with van der Waals surface area (Å²) in [7, 11) is 3.05. The number of amides is 2. The number of nitrogen functional groups attached to an aromatic ring is 1. The van der Waals surface area contributed by atoms with Crippen molar-refractivity contribution in [3.8, 4) is 40.0 Å². The third kappa shape index (κ3) is 7.08. The molecule has 0 aliphatic heterocycles. The van der Waals surface area contributed by atoms with Gasteiger partial charge in [0.25, 0.3) is 11.8 Å². The first-order valence-corrected chi connectivity index (χ1v) is 13.5. The highest BCUT2D eigenvalue weighted by Gasteiger charge is 2.29. The maximum absolute atomic E-state index is 13.2. The van der Waals surface area contributed by atoms with Crippen molar-refractivity contribution in [2.24, 2.45) is 7.05 Å². The number of aryl methyl sites for hydroxylation is 1. The first kappa shape index (κ1) is 32.6. The highest BCUT2D eigenvalue weighted by molar-refractivity contribution is 6.11. The molecule has 0 aliphatic rings. The molecule has 4 aromatic rings. The molecule has 1 atom stereocenters. The van der Waals surface area contributed by atoms with Crippen LogP contribution in [0.15, 0.2) is 61.1 Å². The van der Waals surface area contributed by atoms with Crippen LogP contribution in [-0.4, -0.2) is 52.4 Å². The summed E-state index contributed by atoms with van der Waals surface area (Å²) in [6, 6.07) is 10.9. The third-order valence-electron chi connectivity index (χ3n) is 6.85. The summed E-state index contributed by atoms with van der Waals surface area (Å²) < 4.78 is 58.7. The first-order valence-electron chi connectivity index (χ1n) is 13.5. The molecule has 2 heterocycles. The van der Waals surface area contributed by atoms with Crippen molar-refractivity contribution in [1.29, 1.82) is 0 Å². The standard InChI is InChI=1S/C32H29F4N5O4/c1-5-22(42)12-8-20-15-38-29(37)26-25(19-9-13-23(24(14-19)45-4)31(44)39-16-32(34,35)36)27(41(3)28(20)26)18-6-10-21(11-7-18)40-30(43)17(2)33/h6-7,9-11,13-15,22,42H,2,5,16H2,1,3-4H3,(H2,37,38)(H,39,44)(H,40,43). The number of nitrogens with two attached hydrogens (primary N) is 1. The van der Waals surface area contributed by atoms with Gasteiger partial charge in [0.15, 0.2) is 5.83 Å². The van der Waals surface area contributed by atoms with Gasteiger partial charge in [0, 0.05) is 24.5 Å². The number of fused-ring (bicyclic) bond motifs is 1. The van der Waals surface area contributed by atoms with Crippen LogP contribution < -0.4 is 21.1 Å². The van der Waals surface area contributed by atoms with Gasteiger partial charge in [-0.3, -0.25) is 9.59 Å². The predicted octanol–water partition coefficient (Wildman–Crippen LogP) is 5.33. The van der Waals surface area contributed by atoms with Crippen molar-refractivity contribution < 1.29 is 37.0 Å². The van der Waals surface area contributed by atoms with Crippen LogP contribution in [-0.2, 0) is 11.8 Å². The highest BCUT2D eigenvalue weighted by Crippen LogP contribution is 2.44. The number of rotatable bonds is 8. The summed E-state index contributed by atoms with van der Waals surface area (Å²) in [6.45, 7) is 3.25. The number of carbonyl (C=O) groups excluding carboxylic acids is 2. The van der Waals surface area contributed by atoms with Crippen molar-refractivity contribution in [2.75, 3.05) is 24.7 Å². The number of aromatic nitrogens is 2. The van der Waals surface area contributed by atoms with E-state index >= 15 is 0 Å². The van der Waals surface area contributed by atoms with Crippen LogP contribution in [0.4, 0.5) is 29.1 Å². The monoisotopic (exact) mass is 623 g/mol. The number of aliphatic hydroxyl groups excluding tert-OH is 1. The maximum Gasteiger partial charge on any atom is 0.405 e. The van der Waals surface area contributed by atoms with Crippen LogP contribution in [0.2, 0.25) is 0 Å². The number of alkyl halides is 3. The third-order valence-corrected chi connectivity index (χ3v) is 6.85. The van der Waals surface area contributed by atoms with E-state index in [1.165, 1.54) is 25.4 Å². The van der Waals surface area contributed by atoms with Crippen LogP contribution in [0.3, 0.4) is 0 Å². The largest absolute Gasteiger partial charge is 0.496 e. The molecule has 0 spiro atoms. The van der Waals surface area contributed by atoms with Gasteiger partial charge in [-0.25, -0.2) is 9.37 Å². The van der Waals surface area contributed by atoms with Crippen LogP contribution in [0.25, 0.3) is 33.3 Å². The van der Waals surface area contributed by atoms with Crippen molar-refractivity contribution in [2.45, 2.75) is 25.6 Å². The Kier molecular flexibility index (Phi) is 9.48. The average Bonchev–Trinajstić information content (AvgIpc) is 3.32. The first-order chi connectivity index (χ1) is 21.2. The van der Waals surface area contributed by atoms with Gasteiger partial charge in [-0.1, -0.05) is 43.5 Å². The maximum atomic E-state index is 13.2. The summed E-state index contributed by atoms with van der Waals surface area (Å²) in [5.41, 5.74) is 9.88. The number of pyridine rings is 1. The van der Waals surface area contributed by atoms with Gasteiger partial charge >= 0.3 is 6.18 Å². The normalized spacial score (nSPS) is 11.8. The van der Waals surface area contributed by atoms with Crippen molar-refractivity contribution >= 4 is 34.2 Å². The lowest BCUT2D eigenvalue weighted by molar-refractivity contribution is -0.123. The molecule has 9 nitrogen and oxygen atoms in total. The Bertz CT molecular complexity index is 1850. The Hall–Kier alpha value is -5.35. The SMILES string of the molecule is C=C(F)C(=O)Nc1ccc(-c2c(-c3ccc(C(=O)NCC(F)(F)F)c(OC)c3)c3c(N)ncc(C#CC(O)CC)c3n2C)cc1. The zero-order chi connectivity index (χ0) is 33.1. The molecule has 2 amide bonds. The predicted molar refractivity (Wildman–Crippen MR) is 163 cm³/mol. The van der Waals surface area contributed by atoms with Gasteiger partial charge in [0.2, 0.25) is 0 Å². The van der Waals surface area contributed by atoms with Crippen LogP contribution >= 0.6 is 0 Å². The Balaban J connectivity index is 1.96. The molecule has 45 heavy (non-hydrogen) atoms. The lowest BCUT2D eigenvalue weighted by Gasteiger charge is -2.14. The lowest BCUT2D eigenvalue weighted by Crippen LogP contribution is -2.33. The number of benzene rings is 2. The van der Waals surface area contributed by atoms with E-state index in [9.17, 15) is 32.3 Å². The molecule has 2 aromatic heterocycles. The zero-order valence-electron chi connectivity index (χ0n) is 24.5. The second-order valence-electron chi connectivity index (χ2n) is 9.91. The fourth-order valence-corrected chi connectivity index (χ4v) is 4.70. The second-order valence-corrected chi connectivity index (χ2v) is 9.91. The summed E-state index contributed by atoms with van der Waals surface area (Å²) in [5.74, 6) is 2.78. The van der Waals surface area contributed by atoms with Gasteiger partial charge in [-0.05, 0) is 41.8 Å². The van der Waals surface area contributed by atoms with E-state index in [-0.39, 0.29) is 17.1 Å². The molecule has 0 saturated heterocycles. The Labute approximate surface area is 255 Å². The Morgan fingerprint density at radius 1 is 1.18 bits per heavy atom.